The fourth-order valence-electron chi connectivity index (χ4n) is 3.25. The number of allylic oxidation sites excluding steroid dienone is 1. The minimum Gasteiger partial charge on any atom is -0.464 e. The molecule has 0 saturated heterocycles. The molecule has 1 aliphatic rings. The number of carbonyl (C=O) groups excluding carboxylic acids is 2. The number of hydrogen-bond donors (Lipinski definition) is 0. The van der Waals surface area contributed by atoms with Crippen LogP contribution in [0.25, 0.3) is 0 Å². The second kappa shape index (κ2) is 7.59. The van der Waals surface area contributed by atoms with E-state index in [-0.39, 0.29) is 23.7 Å². The number of ether oxygens (including phenoxy) is 1. The molecule has 0 radical (unpaired) electrons. The largest absolute Gasteiger partial charge is 0.464 e. The molecule has 0 bridgehead atoms. The molecular weight excluding hydrogens is 378 g/mol. The standard InChI is InChI=1S/C21H21NO5S/c1-3-27-20(24)21(17-7-5-4-6-8-17)15-18(23)13-14-22(21)28(25,26)19-11-9-16(2)10-12-19/h4-14H,3,15H2,1-2H3. The highest BCUT2D eigenvalue weighted by molar-refractivity contribution is 7.89. The number of hydrogen-bond acceptors (Lipinski definition) is 5. The number of nitrogens with zero attached hydrogens (tertiary/aromatic N) is 1. The average molecular weight is 399 g/mol. The molecule has 2 aromatic carbocycles. The third kappa shape index (κ3) is 3.33. The average Bonchev–Trinajstić information content (AvgIpc) is 2.68. The summed E-state index contributed by atoms with van der Waals surface area (Å²) in [7, 11) is -4.13. The first kappa shape index (κ1) is 19.8. The van der Waals surface area contributed by atoms with Crippen molar-refractivity contribution in [3.8, 4) is 0 Å². The van der Waals surface area contributed by atoms with Gasteiger partial charge in [0, 0.05) is 12.6 Å². The summed E-state index contributed by atoms with van der Waals surface area (Å²) in [6.07, 6.45) is 1.99. The van der Waals surface area contributed by atoms with E-state index in [1.54, 1.807) is 49.4 Å². The first-order valence-electron chi connectivity index (χ1n) is 8.87. The summed E-state index contributed by atoms with van der Waals surface area (Å²) < 4.78 is 33.1. The highest BCUT2D eigenvalue weighted by atomic mass is 32.2. The number of ketones is 1. The Morgan fingerprint density at radius 2 is 1.75 bits per heavy atom. The predicted octanol–water partition coefficient (Wildman–Crippen LogP) is 2.93. The van der Waals surface area contributed by atoms with E-state index in [2.05, 4.69) is 0 Å². The van der Waals surface area contributed by atoms with Crippen LogP contribution >= 0.6 is 0 Å². The summed E-state index contributed by atoms with van der Waals surface area (Å²) in [4.78, 5) is 25.4. The lowest BCUT2D eigenvalue weighted by Gasteiger charge is -2.41. The number of sulfonamides is 1. The van der Waals surface area contributed by atoms with Gasteiger partial charge >= 0.3 is 5.97 Å². The maximum atomic E-state index is 13.5. The van der Waals surface area contributed by atoms with Crippen molar-refractivity contribution in [1.29, 1.82) is 0 Å². The van der Waals surface area contributed by atoms with E-state index in [0.29, 0.717) is 5.56 Å². The number of rotatable bonds is 5. The molecule has 0 spiro atoms. The van der Waals surface area contributed by atoms with E-state index in [0.717, 1.165) is 16.1 Å². The highest BCUT2D eigenvalue weighted by Crippen LogP contribution is 2.41. The molecular formula is C21H21NO5S. The van der Waals surface area contributed by atoms with Crippen molar-refractivity contribution in [2.24, 2.45) is 0 Å². The normalized spacial score (nSPS) is 19.5. The van der Waals surface area contributed by atoms with Crippen molar-refractivity contribution in [3.63, 3.8) is 0 Å². The highest BCUT2D eigenvalue weighted by Gasteiger charge is 2.53. The molecule has 146 valence electrons. The van der Waals surface area contributed by atoms with Gasteiger partial charge in [0.15, 0.2) is 11.3 Å². The molecule has 2 aromatic rings. The van der Waals surface area contributed by atoms with Crippen LogP contribution in [0.1, 0.15) is 24.5 Å². The Bertz CT molecular complexity index is 1010. The Balaban J connectivity index is 2.26. The van der Waals surface area contributed by atoms with Gasteiger partial charge in [0.2, 0.25) is 0 Å². The van der Waals surface area contributed by atoms with Crippen LogP contribution < -0.4 is 0 Å². The zero-order valence-corrected chi connectivity index (χ0v) is 16.5. The molecule has 0 aliphatic carbocycles. The molecule has 1 aliphatic heterocycles. The Kier molecular flexibility index (Phi) is 5.38. The van der Waals surface area contributed by atoms with Gasteiger partial charge in [0.05, 0.1) is 11.5 Å². The molecule has 1 unspecified atom stereocenters. The molecule has 28 heavy (non-hydrogen) atoms. The summed E-state index contributed by atoms with van der Waals surface area (Å²) in [6, 6.07) is 14.7. The van der Waals surface area contributed by atoms with Gasteiger partial charge in [-0.05, 0) is 37.6 Å². The second-order valence-corrected chi connectivity index (χ2v) is 8.33. The molecule has 0 fully saturated rings. The molecule has 1 atom stereocenters. The van der Waals surface area contributed by atoms with Gasteiger partial charge in [-0.3, -0.25) is 9.10 Å². The zero-order valence-electron chi connectivity index (χ0n) is 15.7. The molecule has 6 nitrogen and oxygen atoms in total. The Hall–Kier alpha value is -2.93. The molecule has 1 heterocycles. The zero-order chi connectivity index (χ0) is 20.4. The summed E-state index contributed by atoms with van der Waals surface area (Å²) in [6.45, 7) is 3.54. The minimum absolute atomic E-state index is 0.0294. The van der Waals surface area contributed by atoms with Crippen LogP contribution in [0.3, 0.4) is 0 Å². The quantitative estimate of drug-likeness (QED) is 0.722. The maximum absolute atomic E-state index is 13.5. The van der Waals surface area contributed by atoms with Crippen molar-refractivity contribution in [1.82, 2.24) is 4.31 Å². The topological polar surface area (TPSA) is 80.8 Å². The molecule has 7 heteroatoms. The monoisotopic (exact) mass is 399 g/mol. The number of benzene rings is 2. The minimum atomic E-state index is -4.13. The number of carbonyl (C=O) groups is 2. The van der Waals surface area contributed by atoms with Gasteiger partial charge in [-0.2, -0.15) is 0 Å². The SMILES string of the molecule is CCOC(=O)C1(c2ccccc2)CC(=O)C=CN1S(=O)(=O)c1ccc(C)cc1. The van der Waals surface area contributed by atoms with Crippen molar-refractivity contribution >= 4 is 21.8 Å². The van der Waals surface area contributed by atoms with Gasteiger partial charge in [-0.15, -0.1) is 0 Å². The Morgan fingerprint density at radius 1 is 1.11 bits per heavy atom. The second-order valence-electron chi connectivity index (χ2n) is 6.52. The summed E-state index contributed by atoms with van der Waals surface area (Å²) in [5.74, 6) is -1.14. The fraction of sp³-hybridized carbons (Fsp3) is 0.238. The molecule has 0 amide bonds. The van der Waals surface area contributed by atoms with Gasteiger partial charge < -0.3 is 4.74 Å². The van der Waals surface area contributed by atoms with Crippen LogP contribution in [0.4, 0.5) is 0 Å². The molecule has 0 aromatic heterocycles. The van der Waals surface area contributed by atoms with Crippen LogP contribution in [-0.4, -0.2) is 31.1 Å². The van der Waals surface area contributed by atoms with Gasteiger partial charge in [0.1, 0.15) is 0 Å². The van der Waals surface area contributed by atoms with Gasteiger partial charge in [-0.25, -0.2) is 13.2 Å². The molecule has 0 saturated carbocycles. The van der Waals surface area contributed by atoms with Crippen LogP contribution in [-0.2, 0) is 29.9 Å². The van der Waals surface area contributed by atoms with E-state index >= 15 is 0 Å². The summed E-state index contributed by atoms with van der Waals surface area (Å²) >= 11 is 0. The Morgan fingerprint density at radius 3 is 2.36 bits per heavy atom. The third-order valence-electron chi connectivity index (χ3n) is 4.64. The van der Waals surface area contributed by atoms with Crippen LogP contribution in [0, 0.1) is 6.92 Å². The Labute approximate surface area is 164 Å². The smallest absolute Gasteiger partial charge is 0.338 e. The third-order valence-corrected chi connectivity index (χ3v) is 6.46. The number of esters is 1. The van der Waals surface area contributed by atoms with Crippen LogP contribution in [0.2, 0.25) is 0 Å². The maximum Gasteiger partial charge on any atom is 0.338 e. The van der Waals surface area contributed by atoms with Gasteiger partial charge in [-0.1, -0.05) is 48.0 Å². The molecule has 0 N–H and O–H groups in total. The van der Waals surface area contributed by atoms with E-state index < -0.39 is 21.5 Å². The van der Waals surface area contributed by atoms with E-state index in [9.17, 15) is 18.0 Å². The first-order chi connectivity index (χ1) is 13.3. The molecule has 3 rings (SSSR count). The van der Waals surface area contributed by atoms with Crippen LogP contribution in [0.5, 0.6) is 0 Å². The fourth-order valence-corrected chi connectivity index (χ4v) is 4.83. The van der Waals surface area contributed by atoms with Crippen molar-refractivity contribution in [3.05, 3.63) is 78.0 Å². The van der Waals surface area contributed by atoms with Crippen molar-refractivity contribution in [2.45, 2.75) is 30.7 Å². The summed E-state index contributed by atoms with van der Waals surface area (Å²) in [5.41, 5.74) is -0.517. The number of aryl methyl sites for hydroxylation is 1. The lowest BCUT2D eigenvalue weighted by Crippen LogP contribution is -2.55. The predicted molar refractivity (Wildman–Crippen MR) is 104 cm³/mol. The lowest BCUT2D eigenvalue weighted by atomic mass is 9.83. The lowest BCUT2D eigenvalue weighted by molar-refractivity contribution is -0.156. The van der Waals surface area contributed by atoms with Crippen LogP contribution in [0.15, 0.2) is 71.8 Å². The van der Waals surface area contributed by atoms with Crippen molar-refractivity contribution in [2.75, 3.05) is 6.61 Å². The van der Waals surface area contributed by atoms with E-state index in [4.69, 9.17) is 4.74 Å². The van der Waals surface area contributed by atoms with E-state index in [1.165, 1.54) is 18.2 Å². The van der Waals surface area contributed by atoms with Gasteiger partial charge in [0.25, 0.3) is 10.0 Å². The van der Waals surface area contributed by atoms with E-state index in [1.807, 2.05) is 6.92 Å². The van der Waals surface area contributed by atoms with Crippen molar-refractivity contribution < 1.29 is 22.7 Å². The first-order valence-corrected chi connectivity index (χ1v) is 10.3. The summed E-state index contributed by atoms with van der Waals surface area (Å²) in [5, 5.41) is 0.